The number of rotatable bonds is 9. The normalized spacial score (nSPS) is 16.5. The van der Waals surface area contributed by atoms with Crippen LogP contribution in [-0.2, 0) is 17.9 Å². The van der Waals surface area contributed by atoms with Gasteiger partial charge < -0.3 is 20.3 Å². The fraction of sp³-hybridized carbons (Fsp3) is 0.600. The fourth-order valence-corrected chi connectivity index (χ4v) is 1.94. The first kappa shape index (κ1) is 14.5. The van der Waals surface area contributed by atoms with Crippen molar-refractivity contribution in [2.75, 3.05) is 19.8 Å². The minimum atomic E-state index is -0.459. The van der Waals surface area contributed by atoms with Crippen LogP contribution in [0.1, 0.15) is 24.0 Å². The van der Waals surface area contributed by atoms with Crippen LogP contribution in [0.2, 0.25) is 0 Å². The Morgan fingerprint density at radius 1 is 1.32 bits per heavy atom. The zero-order chi connectivity index (χ0) is 13.5. The van der Waals surface area contributed by atoms with Gasteiger partial charge in [-0.3, -0.25) is 0 Å². The maximum atomic E-state index is 9.73. The monoisotopic (exact) mass is 265 g/mol. The highest BCUT2D eigenvalue weighted by Crippen LogP contribution is 2.28. The third-order valence-electron chi connectivity index (χ3n) is 3.24. The van der Waals surface area contributed by atoms with Crippen LogP contribution < -0.4 is 5.32 Å². The number of aliphatic hydroxyl groups excluding tert-OH is 2. The van der Waals surface area contributed by atoms with Crippen molar-refractivity contribution in [1.29, 1.82) is 0 Å². The first-order valence-corrected chi connectivity index (χ1v) is 6.93. The summed E-state index contributed by atoms with van der Waals surface area (Å²) in [5.41, 5.74) is 2.02. The van der Waals surface area contributed by atoms with E-state index >= 15 is 0 Å². The number of aliphatic hydroxyl groups is 2. The lowest BCUT2D eigenvalue weighted by molar-refractivity contribution is 0.0324. The molecular formula is C15H23NO3. The number of ether oxygens (including phenoxy) is 1. The van der Waals surface area contributed by atoms with Crippen LogP contribution in [0, 0.1) is 5.92 Å². The van der Waals surface area contributed by atoms with Crippen molar-refractivity contribution < 1.29 is 14.9 Å². The summed E-state index contributed by atoms with van der Waals surface area (Å²) in [6, 6.07) is 7.78. The molecular weight excluding hydrogens is 242 g/mol. The van der Waals surface area contributed by atoms with Crippen molar-refractivity contribution in [3.63, 3.8) is 0 Å². The molecule has 1 saturated carbocycles. The second kappa shape index (κ2) is 7.60. The minimum absolute atomic E-state index is 0.0610. The van der Waals surface area contributed by atoms with Crippen molar-refractivity contribution >= 4 is 0 Å². The van der Waals surface area contributed by atoms with Gasteiger partial charge in [-0.25, -0.2) is 0 Å². The van der Waals surface area contributed by atoms with E-state index < -0.39 is 6.10 Å². The first-order chi connectivity index (χ1) is 9.28. The Labute approximate surface area is 114 Å². The average molecular weight is 265 g/mol. The Bertz CT molecular complexity index is 379. The molecule has 3 N–H and O–H groups in total. The zero-order valence-electron chi connectivity index (χ0n) is 11.2. The van der Waals surface area contributed by atoms with E-state index in [0.717, 1.165) is 23.7 Å². The number of hydrogen-bond acceptors (Lipinski definition) is 4. The molecule has 4 heteroatoms. The summed E-state index contributed by atoms with van der Waals surface area (Å²) in [6.45, 7) is 2.46. The zero-order valence-corrected chi connectivity index (χ0v) is 11.2. The Kier molecular flexibility index (Phi) is 5.79. The Balaban J connectivity index is 1.58. The summed E-state index contributed by atoms with van der Waals surface area (Å²) >= 11 is 0. The van der Waals surface area contributed by atoms with Crippen molar-refractivity contribution in [2.45, 2.75) is 32.1 Å². The first-order valence-electron chi connectivity index (χ1n) is 6.93. The van der Waals surface area contributed by atoms with Gasteiger partial charge in [0.05, 0.1) is 19.3 Å². The highest BCUT2D eigenvalue weighted by atomic mass is 16.5. The molecule has 0 aliphatic heterocycles. The van der Waals surface area contributed by atoms with Gasteiger partial charge in [-0.2, -0.15) is 0 Å². The molecule has 0 aromatic heterocycles. The van der Waals surface area contributed by atoms with Crippen LogP contribution in [0.5, 0.6) is 0 Å². The van der Waals surface area contributed by atoms with E-state index in [9.17, 15) is 5.11 Å². The maximum Gasteiger partial charge on any atom is 0.0897 e. The van der Waals surface area contributed by atoms with E-state index in [1.54, 1.807) is 0 Å². The number of nitrogens with one attached hydrogen (secondary N) is 1. The lowest BCUT2D eigenvalue weighted by Crippen LogP contribution is -2.30. The molecule has 106 valence electrons. The van der Waals surface area contributed by atoms with Crippen molar-refractivity contribution in [3.8, 4) is 0 Å². The van der Waals surface area contributed by atoms with Crippen molar-refractivity contribution in [2.24, 2.45) is 5.92 Å². The largest absolute Gasteiger partial charge is 0.392 e. The van der Waals surface area contributed by atoms with Crippen LogP contribution >= 0.6 is 0 Å². The van der Waals surface area contributed by atoms with E-state index in [0.29, 0.717) is 19.7 Å². The van der Waals surface area contributed by atoms with Crippen LogP contribution in [0.3, 0.4) is 0 Å². The van der Waals surface area contributed by atoms with Gasteiger partial charge in [-0.15, -0.1) is 0 Å². The van der Waals surface area contributed by atoms with Gasteiger partial charge in [-0.1, -0.05) is 24.3 Å². The average Bonchev–Trinajstić information content (AvgIpc) is 3.23. The van der Waals surface area contributed by atoms with E-state index in [-0.39, 0.29) is 6.61 Å². The maximum absolute atomic E-state index is 9.73. The van der Waals surface area contributed by atoms with Crippen LogP contribution in [0.25, 0.3) is 0 Å². The van der Waals surface area contributed by atoms with E-state index in [1.165, 1.54) is 12.8 Å². The van der Waals surface area contributed by atoms with E-state index in [2.05, 4.69) is 5.32 Å². The van der Waals surface area contributed by atoms with Crippen molar-refractivity contribution in [3.05, 3.63) is 35.4 Å². The van der Waals surface area contributed by atoms with Gasteiger partial charge in [0.1, 0.15) is 0 Å². The molecule has 0 bridgehead atoms. The van der Waals surface area contributed by atoms with Gasteiger partial charge in [0, 0.05) is 19.7 Å². The summed E-state index contributed by atoms with van der Waals surface area (Å²) in [5, 5.41) is 22.0. The van der Waals surface area contributed by atoms with Gasteiger partial charge >= 0.3 is 0 Å². The predicted octanol–water partition coefficient (Wildman–Crippen LogP) is 1.06. The molecule has 0 radical (unpaired) electrons. The second-order valence-electron chi connectivity index (χ2n) is 5.24. The SMILES string of the molecule is OCc1cccc(CNCC(O)COCC2CC2)c1. The molecule has 2 rings (SSSR count). The van der Waals surface area contributed by atoms with E-state index in [4.69, 9.17) is 9.84 Å². The number of benzene rings is 1. The molecule has 0 spiro atoms. The molecule has 1 fully saturated rings. The third kappa shape index (κ3) is 5.70. The van der Waals surface area contributed by atoms with Crippen LogP contribution in [0.4, 0.5) is 0 Å². The molecule has 0 heterocycles. The molecule has 1 aliphatic rings. The molecule has 4 nitrogen and oxygen atoms in total. The highest BCUT2D eigenvalue weighted by Gasteiger charge is 2.21. The summed E-state index contributed by atoms with van der Waals surface area (Å²) in [7, 11) is 0. The predicted molar refractivity (Wildman–Crippen MR) is 73.6 cm³/mol. The number of hydrogen-bond donors (Lipinski definition) is 3. The fourth-order valence-electron chi connectivity index (χ4n) is 1.94. The quantitative estimate of drug-likeness (QED) is 0.625. The van der Waals surface area contributed by atoms with Crippen LogP contribution in [-0.4, -0.2) is 36.1 Å². The standard InChI is InChI=1S/C15H23NO3/c17-9-14-3-1-2-13(6-14)7-16-8-15(18)11-19-10-12-4-5-12/h1-3,6,12,15-18H,4-5,7-11H2. The second-order valence-corrected chi connectivity index (χ2v) is 5.24. The molecule has 19 heavy (non-hydrogen) atoms. The molecule has 1 unspecified atom stereocenters. The lowest BCUT2D eigenvalue weighted by atomic mass is 10.1. The Hall–Kier alpha value is -0.940. The van der Waals surface area contributed by atoms with Crippen LogP contribution in [0.15, 0.2) is 24.3 Å². The lowest BCUT2D eigenvalue weighted by Gasteiger charge is -2.12. The molecule has 1 aromatic carbocycles. The van der Waals surface area contributed by atoms with Gasteiger partial charge in [0.15, 0.2) is 0 Å². The Morgan fingerprint density at radius 2 is 2.11 bits per heavy atom. The van der Waals surface area contributed by atoms with Gasteiger partial charge in [-0.05, 0) is 29.9 Å². The molecule has 0 saturated heterocycles. The molecule has 0 amide bonds. The van der Waals surface area contributed by atoms with Crippen molar-refractivity contribution in [1.82, 2.24) is 5.32 Å². The smallest absolute Gasteiger partial charge is 0.0897 e. The topological polar surface area (TPSA) is 61.7 Å². The summed E-state index contributed by atoms with van der Waals surface area (Å²) < 4.78 is 5.44. The molecule has 1 atom stereocenters. The highest BCUT2D eigenvalue weighted by molar-refractivity contribution is 5.22. The van der Waals surface area contributed by atoms with E-state index in [1.807, 2.05) is 24.3 Å². The molecule has 1 aliphatic carbocycles. The minimum Gasteiger partial charge on any atom is -0.392 e. The summed E-state index contributed by atoms with van der Waals surface area (Å²) in [4.78, 5) is 0. The summed E-state index contributed by atoms with van der Waals surface area (Å²) in [6.07, 6.45) is 2.09. The third-order valence-corrected chi connectivity index (χ3v) is 3.24. The Morgan fingerprint density at radius 3 is 2.84 bits per heavy atom. The summed E-state index contributed by atoms with van der Waals surface area (Å²) in [5.74, 6) is 0.737. The molecule has 1 aromatic rings. The van der Waals surface area contributed by atoms with Gasteiger partial charge in [0.25, 0.3) is 0 Å². The van der Waals surface area contributed by atoms with Gasteiger partial charge in [0.2, 0.25) is 0 Å².